The normalized spacial score (nSPS) is 20.5. The van der Waals surface area contributed by atoms with Crippen LogP contribution in [0.1, 0.15) is 53.4 Å². The lowest BCUT2D eigenvalue weighted by atomic mass is 10.1. The van der Waals surface area contributed by atoms with Crippen LogP contribution in [0.4, 0.5) is 4.79 Å². The van der Waals surface area contributed by atoms with E-state index in [1.807, 2.05) is 0 Å². The summed E-state index contributed by atoms with van der Waals surface area (Å²) >= 11 is 0. The van der Waals surface area contributed by atoms with Crippen LogP contribution in [0.2, 0.25) is 0 Å². The van der Waals surface area contributed by atoms with Crippen LogP contribution in [0, 0.1) is 0 Å². The molecule has 1 heterocycles. The van der Waals surface area contributed by atoms with Crippen LogP contribution < -0.4 is 5.32 Å². The molecule has 7 nitrogen and oxygen atoms in total. The first-order valence-corrected chi connectivity index (χ1v) is 9.34. The molecule has 0 aromatic carbocycles. The topological polar surface area (TPSA) is 84.9 Å². The van der Waals surface area contributed by atoms with Crippen molar-refractivity contribution in [3.63, 3.8) is 0 Å². The van der Waals surface area contributed by atoms with Crippen molar-refractivity contribution in [2.45, 2.75) is 77.1 Å². The van der Waals surface area contributed by atoms with Crippen LogP contribution >= 0.6 is 0 Å². The molecule has 1 unspecified atom stereocenters. The molecule has 27 heavy (non-hydrogen) atoms. The van der Waals surface area contributed by atoms with Gasteiger partial charge in [-0.15, -0.1) is 13.2 Å². The first-order chi connectivity index (χ1) is 12.6. The lowest BCUT2D eigenvalue weighted by Gasteiger charge is -2.32. The van der Waals surface area contributed by atoms with Crippen molar-refractivity contribution >= 4 is 18.0 Å². The Labute approximate surface area is 161 Å². The fourth-order valence-corrected chi connectivity index (χ4v) is 3.13. The van der Waals surface area contributed by atoms with Gasteiger partial charge in [0.05, 0.1) is 6.61 Å². The minimum Gasteiger partial charge on any atom is -0.464 e. The zero-order valence-electron chi connectivity index (χ0n) is 16.8. The zero-order valence-corrected chi connectivity index (χ0v) is 16.8. The Bertz CT molecular complexity index is 567. The van der Waals surface area contributed by atoms with Crippen molar-refractivity contribution in [2.75, 3.05) is 6.61 Å². The lowest BCUT2D eigenvalue weighted by molar-refractivity contribution is -0.154. The molecular weight excluding hydrogens is 348 g/mol. The Morgan fingerprint density at radius 2 is 1.89 bits per heavy atom. The monoisotopic (exact) mass is 380 g/mol. The molecule has 3 atom stereocenters. The molecule has 0 bridgehead atoms. The van der Waals surface area contributed by atoms with Crippen LogP contribution in [0.3, 0.4) is 0 Å². The summed E-state index contributed by atoms with van der Waals surface area (Å²) in [6.07, 6.45) is 4.58. The highest BCUT2D eigenvalue weighted by molar-refractivity contribution is 5.90. The van der Waals surface area contributed by atoms with E-state index in [4.69, 9.17) is 9.47 Å². The quantitative estimate of drug-likeness (QED) is 0.517. The number of hydrogen-bond acceptors (Lipinski definition) is 5. The number of carbonyl (C=O) groups is 3. The molecular formula is C20H32N2O5. The van der Waals surface area contributed by atoms with Gasteiger partial charge in [-0.25, -0.2) is 9.59 Å². The maximum atomic E-state index is 13.2. The van der Waals surface area contributed by atoms with Crippen molar-refractivity contribution in [3.05, 3.63) is 25.3 Å². The van der Waals surface area contributed by atoms with Gasteiger partial charge in [-0.2, -0.15) is 0 Å². The van der Waals surface area contributed by atoms with E-state index in [1.54, 1.807) is 39.8 Å². The number of amides is 2. The molecule has 7 heteroatoms. The first-order valence-electron chi connectivity index (χ1n) is 9.34. The average Bonchev–Trinajstić information content (AvgIpc) is 2.96. The van der Waals surface area contributed by atoms with Gasteiger partial charge in [0.15, 0.2) is 0 Å². The van der Waals surface area contributed by atoms with Gasteiger partial charge in [0.2, 0.25) is 5.91 Å². The van der Waals surface area contributed by atoms with Crippen LogP contribution in [-0.4, -0.2) is 53.2 Å². The Morgan fingerprint density at radius 3 is 2.41 bits per heavy atom. The summed E-state index contributed by atoms with van der Waals surface area (Å²) in [6, 6.07) is -1.67. The van der Waals surface area contributed by atoms with Crippen molar-refractivity contribution in [1.82, 2.24) is 10.2 Å². The average molecular weight is 380 g/mol. The summed E-state index contributed by atoms with van der Waals surface area (Å²) in [5, 5.41) is 2.60. The maximum Gasteiger partial charge on any atom is 0.408 e. The largest absolute Gasteiger partial charge is 0.464 e. The summed E-state index contributed by atoms with van der Waals surface area (Å²) < 4.78 is 10.4. The van der Waals surface area contributed by atoms with Gasteiger partial charge in [-0.05, 0) is 53.4 Å². The van der Waals surface area contributed by atoms with E-state index < -0.39 is 29.7 Å². The standard InChI is InChI=1S/C20H32N2O5/c1-7-10-14-12-13-16(18(24)26-9-3)22(14)17(23)15(11-8-2)21-19(25)27-20(4,5)6/h7-8,14-16H,1-2,9-13H2,3-6H3,(H,21,25)/t14?,15-,16+/m0/s1. The number of nitrogens with one attached hydrogen (secondary N) is 1. The van der Waals surface area contributed by atoms with Crippen molar-refractivity contribution < 1.29 is 23.9 Å². The number of alkyl carbamates (subject to hydrolysis) is 1. The second-order valence-corrected chi connectivity index (χ2v) is 7.49. The number of esters is 1. The van der Waals surface area contributed by atoms with Crippen LogP contribution in [-0.2, 0) is 19.1 Å². The van der Waals surface area contributed by atoms with Crippen LogP contribution in [0.25, 0.3) is 0 Å². The van der Waals surface area contributed by atoms with Crippen LogP contribution in [0.15, 0.2) is 25.3 Å². The van der Waals surface area contributed by atoms with Crippen molar-refractivity contribution in [1.29, 1.82) is 0 Å². The molecule has 0 spiro atoms. The Kier molecular flexibility index (Phi) is 8.53. The number of likely N-dealkylation sites (tertiary alicyclic amines) is 1. The summed E-state index contributed by atoms with van der Waals surface area (Å²) in [6.45, 7) is 14.6. The highest BCUT2D eigenvalue weighted by Gasteiger charge is 2.43. The van der Waals surface area contributed by atoms with Crippen LogP contribution in [0.5, 0.6) is 0 Å². The predicted molar refractivity (Wildman–Crippen MR) is 103 cm³/mol. The minimum absolute atomic E-state index is 0.155. The van der Waals surface area contributed by atoms with Gasteiger partial charge >= 0.3 is 12.1 Å². The SMILES string of the molecule is C=CCC1CC[C@H](C(=O)OCC)N1C(=O)[C@H](CC=C)NC(=O)OC(C)(C)C. The Balaban J connectivity index is 3.02. The molecule has 1 aliphatic heterocycles. The molecule has 1 fully saturated rings. The van der Waals surface area contributed by atoms with E-state index in [1.165, 1.54) is 4.90 Å². The van der Waals surface area contributed by atoms with Crippen molar-refractivity contribution in [2.24, 2.45) is 0 Å². The molecule has 0 aromatic heterocycles. The highest BCUT2D eigenvalue weighted by atomic mass is 16.6. The molecule has 0 aromatic rings. The van der Waals surface area contributed by atoms with E-state index >= 15 is 0 Å². The predicted octanol–water partition coefficient (Wildman–Crippen LogP) is 2.95. The summed E-state index contributed by atoms with van der Waals surface area (Å²) in [4.78, 5) is 39.2. The summed E-state index contributed by atoms with van der Waals surface area (Å²) in [7, 11) is 0. The zero-order chi connectivity index (χ0) is 20.6. The van der Waals surface area contributed by atoms with E-state index in [0.717, 1.165) is 0 Å². The van der Waals surface area contributed by atoms with E-state index in [-0.39, 0.29) is 25.0 Å². The Hall–Kier alpha value is -2.31. The van der Waals surface area contributed by atoms with Gasteiger partial charge < -0.3 is 19.7 Å². The molecule has 0 saturated carbocycles. The second-order valence-electron chi connectivity index (χ2n) is 7.49. The molecule has 1 N–H and O–H groups in total. The smallest absolute Gasteiger partial charge is 0.408 e. The number of rotatable bonds is 8. The second kappa shape index (κ2) is 10.1. The summed E-state index contributed by atoms with van der Waals surface area (Å²) in [5.74, 6) is -0.768. The maximum absolute atomic E-state index is 13.2. The molecule has 152 valence electrons. The minimum atomic E-state index is -0.861. The number of nitrogens with zero attached hydrogens (tertiary/aromatic N) is 1. The van der Waals surface area contributed by atoms with Gasteiger partial charge in [0.1, 0.15) is 17.7 Å². The number of ether oxygens (including phenoxy) is 2. The van der Waals surface area contributed by atoms with Gasteiger partial charge in [0.25, 0.3) is 0 Å². The number of hydrogen-bond donors (Lipinski definition) is 1. The first kappa shape index (κ1) is 22.7. The third-order valence-corrected chi connectivity index (χ3v) is 4.15. The Morgan fingerprint density at radius 1 is 1.22 bits per heavy atom. The molecule has 2 amide bonds. The lowest BCUT2D eigenvalue weighted by Crippen LogP contribution is -2.54. The molecule has 0 radical (unpaired) electrons. The van der Waals surface area contributed by atoms with E-state index in [2.05, 4.69) is 18.5 Å². The fourth-order valence-electron chi connectivity index (χ4n) is 3.13. The molecule has 1 saturated heterocycles. The fraction of sp³-hybridized carbons (Fsp3) is 0.650. The highest BCUT2D eigenvalue weighted by Crippen LogP contribution is 2.29. The molecule has 1 rings (SSSR count). The van der Waals surface area contributed by atoms with Crippen molar-refractivity contribution in [3.8, 4) is 0 Å². The van der Waals surface area contributed by atoms with Gasteiger partial charge in [-0.3, -0.25) is 4.79 Å². The van der Waals surface area contributed by atoms with Gasteiger partial charge in [0, 0.05) is 6.04 Å². The molecule has 1 aliphatic rings. The van der Waals surface area contributed by atoms with E-state index in [9.17, 15) is 14.4 Å². The third kappa shape index (κ3) is 6.73. The molecule has 0 aliphatic carbocycles. The third-order valence-electron chi connectivity index (χ3n) is 4.15. The summed E-state index contributed by atoms with van der Waals surface area (Å²) in [5.41, 5.74) is -0.682. The van der Waals surface area contributed by atoms with Gasteiger partial charge in [-0.1, -0.05) is 12.2 Å². The number of carbonyl (C=O) groups excluding carboxylic acids is 3. The van der Waals surface area contributed by atoms with E-state index in [0.29, 0.717) is 19.3 Å².